The smallest absolute Gasteiger partial charge is 0.249 e. The van der Waals surface area contributed by atoms with Gasteiger partial charge in [-0.3, -0.25) is 4.79 Å². The molecule has 0 bridgehead atoms. The highest BCUT2D eigenvalue weighted by atomic mass is 16.5. The summed E-state index contributed by atoms with van der Waals surface area (Å²) in [6.07, 6.45) is 3.02. The number of aryl methyl sites for hydroxylation is 1. The summed E-state index contributed by atoms with van der Waals surface area (Å²) in [6.45, 7) is 1.71. The highest BCUT2D eigenvalue weighted by Crippen LogP contribution is 2.23. The van der Waals surface area contributed by atoms with Crippen LogP contribution in [0.4, 0.5) is 0 Å². The maximum Gasteiger partial charge on any atom is 0.249 e. The first-order valence-electron chi connectivity index (χ1n) is 7.01. The molecule has 0 fully saturated rings. The van der Waals surface area contributed by atoms with E-state index in [0.717, 1.165) is 17.1 Å². The van der Waals surface area contributed by atoms with Gasteiger partial charge < -0.3 is 19.4 Å². The van der Waals surface area contributed by atoms with Crippen LogP contribution >= 0.6 is 0 Å². The summed E-state index contributed by atoms with van der Waals surface area (Å²) in [7, 11) is 5.02. The van der Waals surface area contributed by atoms with Gasteiger partial charge >= 0.3 is 0 Å². The van der Waals surface area contributed by atoms with Crippen LogP contribution in [0.2, 0.25) is 0 Å². The van der Waals surface area contributed by atoms with Crippen LogP contribution in [0, 0.1) is 0 Å². The Kier molecular flexibility index (Phi) is 5.16. The van der Waals surface area contributed by atoms with Crippen molar-refractivity contribution in [1.82, 2.24) is 14.9 Å². The molecule has 22 heavy (non-hydrogen) atoms. The van der Waals surface area contributed by atoms with Crippen LogP contribution in [0.25, 0.3) is 0 Å². The summed E-state index contributed by atoms with van der Waals surface area (Å²) >= 11 is 0. The zero-order valence-electron chi connectivity index (χ0n) is 13.2. The van der Waals surface area contributed by atoms with E-state index in [-0.39, 0.29) is 11.9 Å². The highest BCUT2D eigenvalue weighted by molar-refractivity contribution is 5.81. The fraction of sp³-hybridized carbons (Fsp3) is 0.375. The van der Waals surface area contributed by atoms with Crippen LogP contribution in [0.5, 0.6) is 5.75 Å². The molecule has 0 spiro atoms. The molecule has 118 valence electrons. The van der Waals surface area contributed by atoms with E-state index in [4.69, 9.17) is 9.47 Å². The molecule has 0 aliphatic carbocycles. The summed E-state index contributed by atoms with van der Waals surface area (Å²) in [5.74, 6) is 1.33. The van der Waals surface area contributed by atoms with Gasteiger partial charge in [0, 0.05) is 26.6 Å². The average Bonchev–Trinajstić information content (AvgIpc) is 2.97. The Morgan fingerprint density at radius 2 is 1.95 bits per heavy atom. The van der Waals surface area contributed by atoms with Gasteiger partial charge in [-0.1, -0.05) is 12.1 Å². The van der Waals surface area contributed by atoms with Crippen LogP contribution < -0.4 is 10.1 Å². The van der Waals surface area contributed by atoms with Crippen molar-refractivity contribution >= 4 is 5.91 Å². The van der Waals surface area contributed by atoms with E-state index in [1.807, 2.05) is 42.1 Å². The van der Waals surface area contributed by atoms with Crippen molar-refractivity contribution in [3.8, 4) is 5.75 Å². The number of hydrogen-bond acceptors (Lipinski definition) is 4. The quantitative estimate of drug-likeness (QED) is 0.881. The molecule has 2 unspecified atom stereocenters. The van der Waals surface area contributed by atoms with E-state index >= 15 is 0 Å². The van der Waals surface area contributed by atoms with Gasteiger partial charge in [0.15, 0.2) is 0 Å². The minimum absolute atomic E-state index is 0.189. The molecule has 1 aromatic carbocycles. The van der Waals surface area contributed by atoms with Gasteiger partial charge in [-0.15, -0.1) is 0 Å². The Morgan fingerprint density at radius 3 is 2.45 bits per heavy atom. The first kappa shape index (κ1) is 16.0. The predicted octanol–water partition coefficient (Wildman–Crippen LogP) is 1.67. The zero-order valence-corrected chi connectivity index (χ0v) is 13.2. The molecule has 6 heteroatoms. The maximum atomic E-state index is 12.2. The van der Waals surface area contributed by atoms with Gasteiger partial charge in [-0.05, 0) is 24.6 Å². The third-order valence-corrected chi connectivity index (χ3v) is 3.58. The second kappa shape index (κ2) is 7.09. The summed E-state index contributed by atoms with van der Waals surface area (Å²) in [6, 6.07) is 7.19. The number of benzene rings is 1. The lowest BCUT2D eigenvalue weighted by Crippen LogP contribution is -2.38. The van der Waals surface area contributed by atoms with Crippen LogP contribution in [0.15, 0.2) is 36.7 Å². The molecule has 1 amide bonds. The minimum atomic E-state index is -0.527. The molecule has 6 nitrogen and oxygen atoms in total. The van der Waals surface area contributed by atoms with Gasteiger partial charge in [0.05, 0.1) is 7.11 Å². The second-order valence-corrected chi connectivity index (χ2v) is 4.99. The van der Waals surface area contributed by atoms with Crippen LogP contribution in [-0.2, 0) is 16.6 Å². The monoisotopic (exact) mass is 303 g/mol. The van der Waals surface area contributed by atoms with Crippen molar-refractivity contribution in [2.24, 2.45) is 7.05 Å². The van der Waals surface area contributed by atoms with Gasteiger partial charge in [0.25, 0.3) is 0 Å². The molecule has 0 radical (unpaired) electrons. The van der Waals surface area contributed by atoms with Crippen molar-refractivity contribution in [2.75, 3.05) is 14.2 Å². The number of methoxy groups -OCH3 is 2. The summed E-state index contributed by atoms with van der Waals surface area (Å²) in [5.41, 5.74) is 0.923. The predicted molar refractivity (Wildman–Crippen MR) is 82.7 cm³/mol. The van der Waals surface area contributed by atoms with Crippen molar-refractivity contribution in [3.05, 3.63) is 48.0 Å². The Labute approximate surface area is 130 Å². The summed E-state index contributed by atoms with van der Waals surface area (Å²) < 4.78 is 12.1. The van der Waals surface area contributed by atoms with Gasteiger partial charge in [-0.25, -0.2) is 4.98 Å². The fourth-order valence-electron chi connectivity index (χ4n) is 2.12. The lowest BCUT2D eigenvalue weighted by Gasteiger charge is -2.21. The molecular weight excluding hydrogens is 282 g/mol. The van der Waals surface area contributed by atoms with Crippen LogP contribution in [0.3, 0.4) is 0 Å². The summed E-state index contributed by atoms with van der Waals surface area (Å²) in [5, 5.41) is 2.98. The number of amides is 1. The molecule has 1 heterocycles. The van der Waals surface area contributed by atoms with E-state index in [1.54, 1.807) is 20.2 Å². The second-order valence-electron chi connectivity index (χ2n) is 4.99. The molecule has 1 N–H and O–H groups in total. The Morgan fingerprint density at radius 1 is 1.27 bits per heavy atom. The van der Waals surface area contributed by atoms with Gasteiger partial charge in [0.2, 0.25) is 5.91 Å². The minimum Gasteiger partial charge on any atom is -0.497 e. The number of rotatable bonds is 6. The third kappa shape index (κ3) is 3.46. The average molecular weight is 303 g/mol. The van der Waals surface area contributed by atoms with Crippen molar-refractivity contribution in [1.29, 1.82) is 0 Å². The van der Waals surface area contributed by atoms with E-state index in [2.05, 4.69) is 10.3 Å². The highest BCUT2D eigenvalue weighted by Gasteiger charge is 2.23. The van der Waals surface area contributed by atoms with Crippen molar-refractivity contribution in [3.63, 3.8) is 0 Å². The standard InChI is InChI=1S/C16H21N3O3/c1-11(21-3)16(20)18-14(15-17-9-10-19(15)2)12-5-7-13(22-4)8-6-12/h5-11,14H,1-4H3,(H,18,20). The third-order valence-electron chi connectivity index (χ3n) is 3.58. The summed E-state index contributed by atoms with van der Waals surface area (Å²) in [4.78, 5) is 16.5. The van der Waals surface area contributed by atoms with Gasteiger partial charge in [0.1, 0.15) is 23.7 Å². The Balaban J connectivity index is 2.32. The van der Waals surface area contributed by atoms with Crippen LogP contribution in [0.1, 0.15) is 24.4 Å². The lowest BCUT2D eigenvalue weighted by atomic mass is 10.1. The lowest BCUT2D eigenvalue weighted by molar-refractivity contribution is -0.130. The largest absolute Gasteiger partial charge is 0.497 e. The molecule has 0 saturated heterocycles. The van der Waals surface area contributed by atoms with Crippen molar-refractivity contribution < 1.29 is 14.3 Å². The zero-order chi connectivity index (χ0) is 16.1. The molecule has 2 atom stereocenters. The number of nitrogens with one attached hydrogen (secondary N) is 1. The molecule has 2 rings (SSSR count). The Bertz CT molecular complexity index is 622. The number of ether oxygens (including phenoxy) is 2. The van der Waals surface area contributed by atoms with Crippen molar-refractivity contribution in [2.45, 2.75) is 19.1 Å². The Hall–Kier alpha value is -2.34. The maximum absolute atomic E-state index is 12.2. The number of aromatic nitrogens is 2. The molecule has 0 aliphatic rings. The number of hydrogen-bond donors (Lipinski definition) is 1. The fourth-order valence-corrected chi connectivity index (χ4v) is 2.12. The number of nitrogens with zero attached hydrogens (tertiary/aromatic N) is 2. The van der Waals surface area contributed by atoms with E-state index in [0.29, 0.717) is 0 Å². The first-order chi connectivity index (χ1) is 10.6. The van der Waals surface area contributed by atoms with E-state index in [9.17, 15) is 4.79 Å². The number of carbonyl (C=O) groups excluding carboxylic acids is 1. The van der Waals surface area contributed by atoms with E-state index < -0.39 is 6.10 Å². The molecular formula is C16H21N3O3. The first-order valence-corrected chi connectivity index (χ1v) is 7.01. The normalized spacial score (nSPS) is 13.5. The molecule has 2 aromatic rings. The molecule has 1 aromatic heterocycles. The van der Waals surface area contributed by atoms with Gasteiger partial charge in [-0.2, -0.15) is 0 Å². The van der Waals surface area contributed by atoms with Crippen LogP contribution in [-0.4, -0.2) is 35.8 Å². The number of carbonyl (C=O) groups is 1. The van der Waals surface area contributed by atoms with E-state index in [1.165, 1.54) is 7.11 Å². The SMILES string of the molecule is COc1ccc(C(NC(=O)C(C)OC)c2nccn2C)cc1. The topological polar surface area (TPSA) is 65.4 Å². The number of imidazole rings is 1. The molecule has 0 saturated carbocycles. The molecule has 0 aliphatic heterocycles.